The summed E-state index contributed by atoms with van der Waals surface area (Å²) in [5, 5.41) is 19.3. The molecule has 0 aliphatic rings. The van der Waals surface area contributed by atoms with E-state index in [-0.39, 0.29) is 17.9 Å². The zero-order valence-corrected chi connectivity index (χ0v) is 21.7. The second-order valence-electron chi connectivity index (χ2n) is 8.65. The van der Waals surface area contributed by atoms with Crippen molar-refractivity contribution in [2.45, 2.75) is 50.0 Å². The van der Waals surface area contributed by atoms with Gasteiger partial charge in [-0.1, -0.05) is 74.0 Å². The quantitative estimate of drug-likeness (QED) is 0.264. The third kappa shape index (κ3) is 8.77. The highest BCUT2D eigenvalue weighted by molar-refractivity contribution is 7.92. The maximum absolute atomic E-state index is 13.0. The van der Waals surface area contributed by atoms with Gasteiger partial charge >= 0.3 is 5.97 Å². The van der Waals surface area contributed by atoms with Gasteiger partial charge in [0.05, 0.1) is 17.6 Å². The normalized spacial score (nSPS) is 12.4. The Kier molecular flexibility index (Phi) is 10.3. The van der Waals surface area contributed by atoms with Crippen LogP contribution in [-0.2, 0) is 27.7 Å². The molecule has 196 valence electrons. The average Bonchev–Trinajstić information content (AvgIpc) is 2.87. The van der Waals surface area contributed by atoms with Gasteiger partial charge in [-0.05, 0) is 53.8 Å². The Morgan fingerprint density at radius 1 is 1.00 bits per heavy atom. The Bertz CT molecular complexity index is 1320. The number of aliphatic hydroxyl groups excluding tert-OH is 1. The van der Waals surface area contributed by atoms with Crippen LogP contribution in [-0.4, -0.2) is 37.3 Å². The fourth-order valence-electron chi connectivity index (χ4n) is 3.86. The molecule has 0 spiro atoms. The molecule has 0 aliphatic carbocycles. The van der Waals surface area contributed by atoms with Crippen molar-refractivity contribution in [1.82, 2.24) is 0 Å². The zero-order valence-electron chi connectivity index (χ0n) is 20.8. The number of hydrogen-bond acceptors (Lipinski definition) is 5. The number of carbonyl (C=O) groups is 1. The summed E-state index contributed by atoms with van der Waals surface area (Å²) >= 11 is 0. The first-order chi connectivity index (χ1) is 17.8. The minimum atomic E-state index is -3.74. The Labute approximate surface area is 218 Å². The van der Waals surface area contributed by atoms with Crippen LogP contribution >= 0.6 is 0 Å². The lowest BCUT2D eigenvalue weighted by molar-refractivity contribution is -0.136. The predicted molar refractivity (Wildman–Crippen MR) is 145 cm³/mol. The molecule has 1 unspecified atom stereocenters. The number of aryl methyl sites for hydroxylation is 2. The molecule has 0 saturated heterocycles. The predicted octanol–water partition coefficient (Wildman–Crippen LogP) is 5.30. The van der Waals surface area contributed by atoms with Crippen molar-refractivity contribution in [2.75, 3.05) is 11.3 Å². The van der Waals surface area contributed by atoms with Gasteiger partial charge in [0.1, 0.15) is 5.75 Å². The molecule has 0 amide bonds. The van der Waals surface area contributed by atoms with Gasteiger partial charge in [0.2, 0.25) is 0 Å². The van der Waals surface area contributed by atoms with E-state index in [1.54, 1.807) is 48.6 Å². The second kappa shape index (κ2) is 13.6. The maximum Gasteiger partial charge on any atom is 0.303 e. The second-order valence-corrected chi connectivity index (χ2v) is 10.3. The fraction of sp³-hybridized carbons (Fsp3) is 0.276. The lowest BCUT2D eigenvalue weighted by Gasteiger charge is -2.13. The molecular weight excluding hydrogens is 490 g/mol. The van der Waals surface area contributed by atoms with Gasteiger partial charge in [-0.15, -0.1) is 0 Å². The SMILES string of the molecule is CCCc1ccccc1S(=O)(=O)Nc1cccc(/C=C/C(O)CCOc2ccccc2CCC(=O)O)c1. The highest BCUT2D eigenvalue weighted by Crippen LogP contribution is 2.23. The third-order valence-electron chi connectivity index (χ3n) is 5.68. The van der Waals surface area contributed by atoms with E-state index in [9.17, 15) is 18.3 Å². The van der Waals surface area contributed by atoms with Gasteiger partial charge in [0.25, 0.3) is 10.0 Å². The standard InChI is InChI=1S/C29H33NO6S/c1-2-8-24-11-4-6-14-28(24)37(34,35)30-25-12-7-9-22(21-25)15-17-26(31)19-20-36-27-13-5-3-10-23(27)16-18-29(32)33/h3-7,9-15,17,21,26,30-31H,2,8,16,18-20H2,1H3,(H,32,33)/b17-15+. The molecule has 3 N–H and O–H groups in total. The van der Waals surface area contributed by atoms with Crippen LogP contribution in [0.2, 0.25) is 0 Å². The van der Waals surface area contributed by atoms with E-state index in [1.807, 2.05) is 43.3 Å². The summed E-state index contributed by atoms with van der Waals surface area (Å²) in [6.45, 7) is 2.27. The largest absolute Gasteiger partial charge is 0.493 e. The van der Waals surface area contributed by atoms with Crippen molar-refractivity contribution in [2.24, 2.45) is 0 Å². The van der Waals surface area contributed by atoms with Crippen molar-refractivity contribution in [3.05, 3.63) is 95.6 Å². The molecule has 0 saturated carbocycles. The van der Waals surface area contributed by atoms with Gasteiger partial charge < -0.3 is 14.9 Å². The number of ether oxygens (including phenoxy) is 1. The van der Waals surface area contributed by atoms with E-state index in [1.165, 1.54) is 0 Å². The van der Waals surface area contributed by atoms with E-state index >= 15 is 0 Å². The molecule has 0 bridgehead atoms. The van der Waals surface area contributed by atoms with Crippen LogP contribution < -0.4 is 9.46 Å². The van der Waals surface area contributed by atoms with E-state index in [2.05, 4.69) is 4.72 Å². The van der Waals surface area contributed by atoms with Crippen LogP contribution in [0.25, 0.3) is 6.08 Å². The molecule has 0 fully saturated rings. The van der Waals surface area contributed by atoms with Gasteiger partial charge in [-0.3, -0.25) is 9.52 Å². The number of hydrogen-bond donors (Lipinski definition) is 3. The highest BCUT2D eigenvalue weighted by Gasteiger charge is 2.18. The number of rotatable bonds is 14. The molecule has 0 radical (unpaired) electrons. The molecule has 8 heteroatoms. The van der Waals surface area contributed by atoms with E-state index in [0.717, 1.165) is 23.1 Å². The maximum atomic E-state index is 13.0. The Hall–Kier alpha value is -3.62. The number of carboxylic acids is 1. The van der Waals surface area contributed by atoms with E-state index in [0.29, 0.717) is 30.7 Å². The summed E-state index contributed by atoms with van der Waals surface area (Å²) in [6.07, 6.45) is 4.84. The summed E-state index contributed by atoms with van der Waals surface area (Å²) < 4.78 is 34.4. The topological polar surface area (TPSA) is 113 Å². The monoisotopic (exact) mass is 523 g/mol. The third-order valence-corrected chi connectivity index (χ3v) is 7.16. The number of aliphatic carboxylic acids is 1. The summed E-state index contributed by atoms with van der Waals surface area (Å²) in [5.41, 5.74) is 2.76. The van der Waals surface area contributed by atoms with Gasteiger partial charge in [0.15, 0.2) is 0 Å². The lowest BCUT2D eigenvalue weighted by Crippen LogP contribution is -2.15. The van der Waals surface area contributed by atoms with Crippen LogP contribution in [0.5, 0.6) is 5.75 Å². The molecule has 1 atom stereocenters. The number of aliphatic hydroxyl groups is 1. The van der Waals surface area contributed by atoms with Gasteiger partial charge in [-0.25, -0.2) is 8.42 Å². The summed E-state index contributed by atoms with van der Waals surface area (Å²) in [6, 6.07) is 21.2. The summed E-state index contributed by atoms with van der Waals surface area (Å²) in [7, 11) is -3.74. The van der Waals surface area contributed by atoms with Gasteiger partial charge in [-0.2, -0.15) is 0 Å². The van der Waals surface area contributed by atoms with Crippen LogP contribution in [0.4, 0.5) is 5.69 Å². The molecule has 7 nitrogen and oxygen atoms in total. The number of para-hydroxylation sites is 1. The zero-order chi connectivity index (χ0) is 26.7. The van der Waals surface area contributed by atoms with E-state index < -0.39 is 22.1 Å². The van der Waals surface area contributed by atoms with E-state index in [4.69, 9.17) is 9.84 Å². The van der Waals surface area contributed by atoms with Crippen LogP contribution in [0, 0.1) is 0 Å². The minimum absolute atomic E-state index is 0.0200. The van der Waals surface area contributed by atoms with Crippen molar-refractivity contribution >= 4 is 27.8 Å². The first-order valence-corrected chi connectivity index (χ1v) is 13.8. The molecule has 3 aromatic carbocycles. The highest BCUT2D eigenvalue weighted by atomic mass is 32.2. The Balaban J connectivity index is 1.58. The number of benzene rings is 3. The first kappa shape index (κ1) is 28.0. The average molecular weight is 524 g/mol. The first-order valence-electron chi connectivity index (χ1n) is 12.3. The molecule has 3 aromatic rings. The van der Waals surface area contributed by atoms with Crippen LogP contribution in [0.3, 0.4) is 0 Å². The summed E-state index contributed by atoms with van der Waals surface area (Å²) in [4.78, 5) is 11.1. The Morgan fingerprint density at radius 3 is 2.49 bits per heavy atom. The van der Waals surface area contributed by atoms with Crippen molar-refractivity contribution in [3.8, 4) is 5.75 Å². The minimum Gasteiger partial charge on any atom is -0.493 e. The molecular formula is C29H33NO6S. The van der Waals surface area contributed by atoms with Crippen LogP contribution in [0.15, 0.2) is 83.8 Å². The smallest absolute Gasteiger partial charge is 0.303 e. The molecule has 3 rings (SSSR count). The lowest BCUT2D eigenvalue weighted by atomic mass is 10.1. The van der Waals surface area contributed by atoms with Crippen molar-refractivity contribution in [1.29, 1.82) is 0 Å². The Morgan fingerprint density at radius 2 is 1.73 bits per heavy atom. The summed E-state index contributed by atoms with van der Waals surface area (Å²) in [5.74, 6) is -0.256. The molecule has 0 heterocycles. The number of sulfonamides is 1. The van der Waals surface area contributed by atoms with Crippen molar-refractivity contribution in [3.63, 3.8) is 0 Å². The molecule has 0 aromatic heterocycles. The number of anilines is 1. The van der Waals surface area contributed by atoms with Crippen molar-refractivity contribution < 1.29 is 28.2 Å². The fourth-order valence-corrected chi connectivity index (χ4v) is 5.18. The number of carboxylic acid groups (broad SMARTS) is 1. The van der Waals surface area contributed by atoms with Crippen LogP contribution in [0.1, 0.15) is 42.9 Å². The molecule has 0 aliphatic heterocycles. The number of nitrogens with one attached hydrogen (secondary N) is 1. The molecule has 37 heavy (non-hydrogen) atoms. The van der Waals surface area contributed by atoms with Gasteiger partial charge in [0, 0.05) is 18.5 Å².